The molecule has 6 nitrogen and oxygen atoms in total. The van der Waals surface area contributed by atoms with Crippen LogP contribution >= 0.6 is 11.3 Å². The number of ether oxygens (including phenoxy) is 1. The zero-order chi connectivity index (χ0) is 21.3. The quantitative estimate of drug-likeness (QED) is 0.546. The predicted octanol–water partition coefficient (Wildman–Crippen LogP) is 3.65. The van der Waals surface area contributed by atoms with Gasteiger partial charge < -0.3 is 15.6 Å². The van der Waals surface area contributed by atoms with E-state index in [9.17, 15) is 9.90 Å². The van der Waals surface area contributed by atoms with Gasteiger partial charge in [-0.3, -0.25) is 9.88 Å². The summed E-state index contributed by atoms with van der Waals surface area (Å²) in [6, 6.07) is 19.3. The zero-order valence-electron chi connectivity index (χ0n) is 16.9. The Hall–Kier alpha value is -2.74. The predicted molar refractivity (Wildman–Crippen MR) is 120 cm³/mol. The molecule has 3 atom stereocenters. The Morgan fingerprint density at radius 3 is 2.27 bits per heavy atom. The molecule has 2 aromatic carbocycles. The molecule has 0 spiro atoms. The van der Waals surface area contributed by atoms with E-state index in [0.717, 1.165) is 11.1 Å². The van der Waals surface area contributed by atoms with Gasteiger partial charge in [0, 0.05) is 19.5 Å². The van der Waals surface area contributed by atoms with Crippen LogP contribution in [0.3, 0.4) is 0 Å². The van der Waals surface area contributed by atoms with Gasteiger partial charge in [0.25, 0.3) is 0 Å². The van der Waals surface area contributed by atoms with Crippen molar-refractivity contribution in [2.24, 2.45) is 5.73 Å². The van der Waals surface area contributed by atoms with Crippen LogP contribution in [0.2, 0.25) is 0 Å². The van der Waals surface area contributed by atoms with E-state index in [1.165, 1.54) is 16.2 Å². The number of benzene rings is 2. The summed E-state index contributed by atoms with van der Waals surface area (Å²) in [5.41, 5.74) is 10.0. The summed E-state index contributed by atoms with van der Waals surface area (Å²) in [5, 5.41) is 11.6. The van der Waals surface area contributed by atoms with Crippen molar-refractivity contribution in [2.75, 3.05) is 11.9 Å². The van der Waals surface area contributed by atoms with E-state index in [1.54, 1.807) is 18.8 Å². The van der Waals surface area contributed by atoms with E-state index in [4.69, 9.17) is 10.5 Å². The topological polar surface area (TPSA) is 88.7 Å². The Bertz CT molecular complexity index is 891. The number of nitrogens with zero attached hydrogens (tertiary/aromatic N) is 2. The number of hydrogen-bond donors (Lipinski definition) is 2. The molecule has 0 aliphatic carbocycles. The first-order valence-corrected chi connectivity index (χ1v) is 10.7. The lowest BCUT2D eigenvalue weighted by atomic mass is 9.96. The van der Waals surface area contributed by atoms with Gasteiger partial charge >= 0.3 is 6.09 Å². The number of thiazole rings is 1. The van der Waals surface area contributed by atoms with Crippen LogP contribution < -0.4 is 10.6 Å². The highest BCUT2D eigenvalue weighted by atomic mass is 32.1. The van der Waals surface area contributed by atoms with Gasteiger partial charge in [0.2, 0.25) is 0 Å². The smallest absolute Gasteiger partial charge is 0.415 e. The molecule has 158 valence electrons. The first-order valence-electron chi connectivity index (χ1n) is 9.87. The van der Waals surface area contributed by atoms with Crippen LogP contribution in [0.1, 0.15) is 17.5 Å². The molecule has 1 heterocycles. The van der Waals surface area contributed by atoms with Crippen molar-refractivity contribution in [2.45, 2.75) is 37.5 Å². The maximum atomic E-state index is 12.7. The zero-order valence-corrected chi connectivity index (χ0v) is 17.7. The first-order chi connectivity index (χ1) is 14.5. The average Bonchev–Trinajstić information content (AvgIpc) is 3.29. The molecule has 3 rings (SSSR count). The number of carbonyl (C=O) groups excluding carboxylic acids is 1. The van der Waals surface area contributed by atoms with Gasteiger partial charge in [-0.15, -0.1) is 11.3 Å². The fourth-order valence-electron chi connectivity index (χ4n) is 3.24. The third kappa shape index (κ3) is 6.38. The number of rotatable bonds is 9. The Kier molecular flexibility index (Phi) is 7.96. The lowest BCUT2D eigenvalue weighted by Gasteiger charge is -2.27. The second kappa shape index (κ2) is 10.9. The minimum absolute atomic E-state index is 0.251. The standard InChI is InChI=1S/C23H27N3O3S/c1-26(22-15-25-16-30-22)23(28)29-21(13-18-10-6-3-7-11-18)20(27)14-19(24)12-17-8-4-2-5-9-17/h2-11,15-16,19-21,27H,12-14,24H2,1H3/t19-,20-,21-/m0/s1. The Balaban J connectivity index is 1.67. The molecular weight excluding hydrogens is 398 g/mol. The second-order valence-corrected chi connectivity index (χ2v) is 8.13. The van der Waals surface area contributed by atoms with Crippen LogP contribution in [0.15, 0.2) is 72.4 Å². The molecule has 0 radical (unpaired) electrons. The molecule has 0 fully saturated rings. The van der Waals surface area contributed by atoms with Gasteiger partial charge in [-0.1, -0.05) is 60.7 Å². The fraction of sp³-hybridized carbons (Fsp3) is 0.304. The van der Waals surface area contributed by atoms with Gasteiger partial charge in [0.1, 0.15) is 11.1 Å². The Morgan fingerprint density at radius 1 is 1.10 bits per heavy atom. The van der Waals surface area contributed by atoms with E-state index >= 15 is 0 Å². The normalized spacial score (nSPS) is 14.0. The lowest BCUT2D eigenvalue weighted by molar-refractivity contribution is -0.000734. The number of nitrogens with two attached hydrogens (primary N) is 1. The number of carbonyl (C=O) groups is 1. The van der Waals surface area contributed by atoms with Crippen molar-refractivity contribution in [3.63, 3.8) is 0 Å². The maximum absolute atomic E-state index is 12.7. The van der Waals surface area contributed by atoms with Crippen LogP contribution in [0.5, 0.6) is 0 Å². The van der Waals surface area contributed by atoms with Crippen LogP contribution in [-0.2, 0) is 17.6 Å². The molecule has 0 bridgehead atoms. The van der Waals surface area contributed by atoms with Crippen LogP contribution in [0.4, 0.5) is 9.80 Å². The highest BCUT2D eigenvalue weighted by Gasteiger charge is 2.28. The van der Waals surface area contributed by atoms with E-state index in [2.05, 4.69) is 4.98 Å². The average molecular weight is 426 g/mol. The number of amides is 1. The van der Waals surface area contributed by atoms with Gasteiger partial charge in [-0.25, -0.2) is 4.79 Å². The molecule has 3 N–H and O–H groups in total. The molecule has 0 saturated carbocycles. The molecule has 7 heteroatoms. The molecule has 1 aromatic heterocycles. The molecular formula is C23H27N3O3S. The Labute approximate surface area is 180 Å². The number of hydrogen-bond acceptors (Lipinski definition) is 6. The van der Waals surface area contributed by atoms with E-state index in [1.807, 2.05) is 60.7 Å². The van der Waals surface area contributed by atoms with Crippen molar-refractivity contribution >= 4 is 22.4 Å². The fourth-order valence-corrected chi connectivity index (χ4v) is 3.82. The summed E-state index contributed by atoms with van der Waals surface area (Å²) in [7, 11) is 1.63. The van der Waals surface area contributed by atoms with Gasteiger partial charge in [-0.05, 0) is 24.0 Å². The minimum atomic E-state index is -0.886. The highest BCUT2D eigenvalue weighted by molar-refractivity contribution is 7.14. The maximum Gasteiger partial charge on any atom is 0.415 e. The number of aromatic nitrogens is 1. The van der Waals surface area contributed by atoms with Crippen molar-refractivity contribution in [3.8, 4) is 0 Å². The van der Waals surface area contributed by atoms with Crippen LogP contribution in [0.25, 0.3) is 0 Å². The second-order valence-electron chi connectivity index (χ2n) is 7.26. The molecule has 0 aliphatic rings. The molecule has 0 unspecified atom stereocenters. The SMILES string of the molecule is CN(C(=O)O[C@@H](Cc1ccccc1)[C@@H](O)C[C@@H](N)Cc1ccccc1)c1cncs1. The van der Waals surface area contributed by atoms with Crippen molar-refractivity contribution in [1.82, 2.24) is 4.98 Å². The van der Waals surface area contributed by atoms with Gasteiger partial charge in [0.15, 0.2) is 0 Å². The number of aliphatic hydroxyl groups is 1. The lowest BCUT2D eigenvalue weighted by Crippen LogP contribution is -2.41. The third-order valence-corrected chi connectivity index (χ3v) is 5.72. The summed E-state index contributed by atoms with van der Waals surface area (Å²) in [4.78, 5) is 18.0. The summed E-state index contributed by atoms with van der Waals surface area (Å²) in [6.45, 7) is 0. The van der Waals surface area contributed by atoms with Gasteiger partial charge in [0.05, 0.1) is 17.8 Å². The number of aliphatic hydroxyl groups excluding tert-OH is 1. The summed E-state index contributed by atoms with van der Waals surface area (Å²) >= 11 is 1.34. The molecule has 30 heavy (non-hydrogen) atoms. The van der Waals surface area contributed by atoms with Crippen molar-refractivity contribution in [1.29, 1.82) is 0 Å². The summed E-state index contributed by atoms with van der Waals surface area (Å²) in [6.07, 6.45) is 0.845. The molecule has 3 aromatic rings. The van der Waals surface area contributed by atoms with E-state index < -0.39 is 18.3 Å². The number of anilines is 1. The van der Waals surface area contributed by atoms with Crippen LogP contribution in [-0.4, -0.2) is 41.5 Å². The monoisotopic (exact) mass is 425 g/mol. The minimum Gasteiger partial charge on any atom is -0.443 e. The summed E-state index contributed by atoms with van der Waals surface area (Å²) in [5.74, 6) is 0. The first kappa shape index (κ1) is 22.0. The van der Waals surface area contributed by atoms with Crippen molar-refractivity contribution in [3.05, 3.63) is 83.5 Å². The molecule has 0 saturated heterocycles. The Morgan fingerprint density at radius 2 is 1.70 bits per heavy atom. The molecule has 1 amide bonds. The molecule has 0 aliphatic heterocycles. The van der Waals surface area contributed by atoms with Crippen LogP contribution in [0, 0.1) is 0 Å². The summed E-state index contributed by atoms with van der Waals surface area (Å²) < 4.78 is 5.71. The largest absolute Gasteiger partial charge is 0.443 e. The third-order valence-electron chi connectivity index (χ3n) is 4.87. The van der Waals surface area contributed by atoms with E-state index in [-0.39, 0.29) is 6.04 Å². The van der Waals surface area contributed by atoms with Crippen molar-refractivity contribution < 1.29 is 14.6 Å². The van der Waals surface area contributed by atoms with Gasteiger partial charge in [-0.2, -0.15) is 0 Å². The highest BCUT2D eigenvalue weighted by Crippen LogP contribution is 2.21. The van der Waals surface area contributed by atoms with E-state index in [0.29, 0.717) is 24.3 Å².